The molecule has 0 radical (unpaired) electrons. The maximum Gasteiger partial charge on any atom is 0.133 e. The summed E-state index contributed by atoms with van der Waals surface area (Å²) >= 11 is 0. The third kappa shape index (κ3) is 4.60. The monoisotopic (exact) mass is 333 g/mol. The Hall–Kier alpha value is -2.35. The van der Waals surface area contributed by atoms with Crippen LogP contribution in [0.15, 0.2) is 60.8 Å². The van der Waals surface area contributed by atoms with E-state index < -0.39 is 0 Å². The highest BCUT2D eigenvalue weighted by Gasteiger charge is 2.20. The molecule has 0 aliphatic carbocycles. The molecule has 2 nitrogen and oxygen atoms in total. The second-order valence-electron chi connectivity index (χ2n) is 7.35. The van der Waals surface area contributed by atoms with Crippen molar-refractivity contribution in [3.8, 4) is 0 Å². The molecule has 0 saturated heterocycles. The van der Waals surface area contributed by atoms with Crippen molar-refractivity contribution in [2.24, 2.45) is 5.92 Å². The average molecular weight is 333 g/mol. The van der Waals surface area contributed by atoms with Crippen LogP contribution in [0, 0.1) is 5.92 Å². The maximum absolute atomic E-state index is 12.5. The van der Waals surface area contributed by atoms with E-state index in [2.05, 4.69) is 67.5 Å². The van der Waals surface area contributed by atoms with E-state index in [1.54, 1.807) is 0 Å². The Morgan fingerprint density at radius 1 is 0.960 bits per heavy atom. The topological polar surface area (TPSA) is 32.9 Å². The van der Waals surface area contributed by atoms with E-state index in [0.717, 1.165) is 18.4 Å². The van der Waals surface area contributed by atoms with Gasteiger partial charge in [-0.1, -0.05) is 62.4 Å². The zero-order valence-corrected chi connectivity index (χ0v) is 15.2. The highest BCUT2D eigenvalue weighted by molar-refractivity contribution is 5.85. The molecule has 0 aliphatic heterocycles. The molecule has 2 heteroatoms. The van der Waals surface area contributed by atoms with Crippen LogP contribution in [0.4, 0.5) is 0 Å². The zero-order chi connectivity index (χ0) is 17.6. The molecule has 130 valence electrons. The van der Waals surface area contributed by atoms with E-state index >= 15 is 0 Å². The number of aryl methyl sites for hydroxylation is 1. The third-order valence-corrected chi connectivity index (χ3v) is 4.80. The lowest BCUT2D eigenvalue weighted by molar-refractivity contribution is -0.120. The van der Waals surface area contributed by atoms with Crippen LogP contribution >= 0.6 is 0 Å². The van der Waals surface area contributed by atoms with Gasteiger partial charge in [0.1, 0.15) is 5.78 Å². The van der Waals surface area contributed by atoms with Crippen LogP contribution in [-0.4, -0.2) is 10.8 Å². The Morgan fingerprint density at radius 2 is 1.68 bits per heavy atom. The van der Waals surface area contributed by atoms with Crippen LogP contribution in [0.2, 0.25) is 0 Å². The van der Waals surface area contributed by atoms with Crippen molar-refractivity contribution in [3.63, 3.8) is 0 Å². The lowest BCUT2D eigenvalue weighted by Crippen LogP contribution is -2.10. The molecule has 1 atom stereocenters. The number of rotatable bonds is 8. The molecule has 0 saturated carbocycles. The van der Waals surface area contributed by atoms with Crippen LogP contribution in [0.1, 0.15) is 50.2 Å². The van der Waals surface area contributed by atoms with Crippen LogP contribution in [0.3, 0.4) is 0 Å². The van der Waals surface area contributed by atoms with Gasteiger partial charge in [-0.3, -0.25) is 4.79 Å². The molecule has 25 heavy (non-hydrogen) atoms. The number of fused-ring (bicyclic) bond motifs is 1. The summed E-state index contributed by atoms with van der Waals surface area (Å²) in [4.78, 5) is 15.9. The molecule has 1 N–H and O–H groups in total. The second-order valence-corrected chi connectivity index (χ2v) is 7.35. The van der Waals surface area contributed by atoms with Gasteiger partial charge in [0.25, 0.3) is 0 Å². The molecule has 0 spiro atoms. The Kier molecular flexibility index (Phi) is 5.70. The summed E-state index contributed by atoms with van der Waals surface area (Å²) in [6.07, 6.45) is 5.40. The first kappa shape index (κ1) is 17.5. The van der Waals surface area contributed by atoms with Gasteiger partial charge in [-0.25, -0.2) is 0 Å². The molecule has 1 unspecified atom stereocenters. The quantitative estimate of drug-likeness (QED) is 0.548. The number of ketones is 1. The fourth-order valence-corrected chi connectivity index (χ4v) is 3.60. The van der Waals surface area contributed by atoms with Crippen molar-refractivity contribution in [3.05, 3.63) is 71.9 Å². The lowest BCUT2D eigenvalue weighted by Gasteiger charge is -2.17. The first-order valence-electron chi connectivity index (χ1n) is 9.25. The van der Waals surface area contributed by atoms with Gasteiger partial charge in [0, 0.05) is 29.9 Å². The number of carbonyl (C=O) groups is 1. The van der Waals surface area contributed by atoms with Crippen molar-refractivity contribution >= 4 is 16.7 Å². The summed E-state index contributed by atoms with van der Waals surface area (Å²) in [6.45, 7) is 4.23. The van der Waals surface area contributed by atoms with Crippen molar-refractivity contribution in [1.29, 1.82) is 0 Å². The lowest BCUT2D eigenvalue weighted by atomic mass is 9.86. The zero-order valence-electron chi connectivity index (χ0n) is 15.2. The Bertz CT molecular complexity index is 816. The van der Waals surface area contributed by atoms with Crippen LogP contribution in [0.25, 0.3) is 10.9 Å². The van der Waals surface area contributed by atoms with Crippen LogP contribution in [0.5, 0.6) is 0 Å². The second kappa shape index (κ2) is 8.15. The number of aromatic nitrogens is 1. The van der Waals surface area contributed by atoms with E-state index in [9.17, 15) is 4.79 Å². The molecular formula is C23H27NO. The SMILES string of the molecule is CC(C)CC(=O)CC(CCc1ccccc1)c1c[nH]c2ccccc12. The van der Waals surface area contributed by atoms with Gasteiger partial charge in [-0.05, 0) is 41.9 Å². The number of H-pyrrole nitrogens is 1. The fourth-order valence-electron chi connectivity index (χ4n) is 3.60. The highest BCUT2D eigenvalue weighted by atomic mass is 16.1. The van der Waals surface area contributed by atoms with Crippen LogP contribution in [-0.2, 0) is 11.2 Å². The molecule has 0 bridgehead atoms. The average Bonchev–Trinajstić information content (AvgIpc) is 3.03. The van der Waals surface area contributed by atoms with E-state index in [0.29, 0.717) is 24.5 Å². The Labute approximate surface area is 150 Å². The van der Waals surface area contributed by atoms with Gasteiger partial charge in [-0.15, -0.1) is 0 Å². The number of hydrogen-bond acceptors (Lipinski definition) is 1. The minimum Gasteiger partial charge on any atom is -0.361 e. The molecule has 1 heterocycles. The first-order valence-corrected chi connectivity index (χ1v) is 9.25. The summed E-state index contributed by atoms with van der Waals surface area (Å²) in [5, 5.41) is 1.25. The largest absolute Gasteiger partial charge is 0.361 e. The van der Waals surface area contributed by atoms with Gasteiger partial charge in [0.05, 0.1) is 0 Å². The summed E-state index contributed by atoms with van der Waals surface area (Å²) in [5.74, 6) is 1.06. The molecule has 2 aromatic carbocycles. The highest BCUT2D eigenvalue weighted by Crippen LogP contribution is 2.32. The summed E-state index contributed by atoms with van der Waals surface area (Å²) in [6, 6.07) is 18.9. The standard InChI is InChI=1S/C23H27NO/c1-17(2)14-20(25)15-19(13-12-18-8-4-3-5-9-18)22-16-24-23-11-7-6-10-21(22)23/h3-11,16-17,19,24H,12-15H2,1-2H3. The Morgan fingerprint density at radius 3 is 2.44 bits per heavy atom. The maximum atomic E-state index is 12.5. The van der Waals surface area contributed by atoms with Gasteiger partial charge >= 0.3 is 0 Å². The molecular weight excluding hydrogens is 306 g/mol. The minimum atomic E-state index is 0.266. The predicted octanol–water partition coefficient (Wildman–Crippen LogP) is 5.89. The van der Waals surface area contributed by atoms with Gasteiger partial charge < -0.3 is 4.98 Å². The predicted molar refractivity (Wildman–Crippen MR) is 105 cm³/mol. The van der Waals surface area contributed by atoms with Gasteiger partial charge in [0.2, 0.25) is 0 Å². The number of carbonyl (C=O) groups excluding carboxylic acids is 1. The van der Waals surface area contributed by atoms with Gasteiger partial charge in [0.15, 0.2) is 0 Å². The van der Waals surface area contributed by atoms with E-state index in [1.807, 2.05) is 12.1 Å². The number of benzene rings is 2. The van der Waals surface area contributed by atoms with Crippen LogP contribution < -0.4 is 0 Å². The van der Waals surface area contributed by atoms with Crippen molar-refractivity contribution in [2.45, 2.75) is 45.4 Å². The first-order chi connectivity index (χ1) is 12.1. The number of nitrogens with one attached hydrogen (secondary N) is 1. The fraction of sp³-hybridized carbons (Fsp3) is 0.348. The number of aromatic amines is 1. The molecule has 0 fully saturated rings. The van der Waals surface area contributed by atoms with Gasteiger partial charge in [-0.2, -0.15) is 0 Å². The summed E-state index contributed by atoms with van der Waals surface area (Å²) < 4.78 is 0. The Balaban J connectivity index is 1.82. The number of hydrogen-bond donors (Lipinski definition) is 1. The van der Waals surface area contributed by atoms with Crippen molar-refractivity contribution in [1.82, 2.24) is 4.98 Å². The minimum absolute atomic E-state index is 0.266. The molecule has 3 rings (SSSR count). The normalized spacial score (nSPS) is 12.6. The molecule has 0 aliphatic rings. The molecule has 3 aromatic rings. The van der Waals surface area contributed by atoms with E-state index in [4.69, 9.17) is 0 Å². The smallest absolute Gasteiger partial charge is 0.133 e. The van der Waals surface area contributed by atoms with E-state index in [-0.39, 0.29) is 5.92 Å². The summed E-state index contributed by atoms with van der Waals surface area (Å²) in [7, 11) is 0. The number of para-hydroxylation sites is 1. The number of Topliss-reactive ketones (excluding diaryl/α,β-unsaturated/α-hetero) is 1. The van der Waals surface area contributed by atoms with Crippen molar-refractivity contribution in [2.75, 3.05) is 0 Å². The molecule has 1 aromatic heterocycles. The molecule has 0 amide bonds. The van der Waals surface area contributed by atoms with E-state index in [1.165, 1.54) is 16.5 Å². The van der Waals surface area contributed by atoms with Crippen molar-refractivity contribution < 1.29 is 4.79 Å². The third-order valence-electron chi connectivity index (χ3n) is 4.80. The summed E-state index contributed by atoms with van der Waals surface area (Å²) in [5.41, 5.74) is 3.77.